The lowest BCUT2D eigenvalue weighted by Crippen LogP contribution is -2.22. The molecule has 14 heavy (non-hydrogen) atoms. The summed E-state index contributed by atoms with van der Waals surface area (Å²) in [4.78, 5) is 0. The second-order valence-corrected chi connectivity index (χ2v) is 4.93. The molecule has 1 aromatic rings. The van der Waals surface area contributed by atoms with Crippen molar-refractivity contribution in [3.05, 3.63) is 16.4 Å². The molecular weight excluding hydrogens is 266 g/mol. The minimum Gasteiger partial charge on any atom is -0.217 e. The van der Waals surface area contributed by atoms with E-state index in [9.17, 15) is 4.21 Å². The summed E-state index contributed by atoms with van der Waals surface area (Å²) in [7, 11) is 3.47. The fraction of sp³-hybridized carbons (Fsp3) is 0.625. The minimum atomic E-state index is -1.22. The molecule has 1 aromatic heterocycles. The van der Waals surface area contributed by atoms with Crippen LogP contribution in [0.1, 0.15) is 19.5 Å². The molecule has 0 spiro atoms. The predicted molar refractivity (Wildman–Crippen MR) is 63.2 cm³/mol. The normalized spacial score (nSPS) is 12.2. The molecule has 1 atom stereocenters. The van der Waals surface area contributed by atoms with Gasteiger partial charge in [-0.1, -0.05) is 13.8 Å². The van der Waals surface area contributed by atoms with E-state index >= 15 is 0 Å². The fourth-order valence-electron chi connectivity index (χ4n) is 0.662. The first-order chi connectivity index (χ1) is 6.52. The molecule has 0 aromatic carbocycles. The Labute approximate surface area is 96.1 Å². The quantitative estimate of drug-likeness (QED) is 0.831. The van der Waals surface area contributed by atoms with E-state index in [1.54, 1.807) is 24.6 Å². The zero-order valence-electron chi connectivity index (χ0n) is 9.11. The lowest BCUT2D eigenvalue weighted by Gasteiger charge is -2.07. The van der Waals surface area contributed by atoms with Crippen molar-refractivity contribution in [1.82, 2.24) is 13.5 Å². The van der Waals surface area contributed by atoms with Gasteiger partial charge in [0.25, 0.3) is 0 Å². The van der Waals surface area contributed by atoms with Crippen molar-refractivity contribution in [2.24, 2.45) is 0 Å². The SMILES string of the molecule is CC.Cc1nn(S(=O)N(C)C)cc1Br. The van der Waals surface area contributed by atoms with Gasteiger partial charge in [0.1, 0.15) is 0 Å². The van der Waals surface area contributed by atoms with Gasteiger partial charge >= 0.3 is 0 Å². The highest BCUT2D eigenvalue weighted by atomic mass is 79.9. The highest BCUT2D eigenvalue weighted by Crippen LogP contribution is 2.13. The summed E-state index contributed by atoms with van der Waals surface area (Å²) >= 11 is 2.08. The maximum atomic E-state index is 11.4. The summed E-state index contributed by atoms with van der Waals surface area (Å²) in [6.45, 7) is 5.85. The van der Waals surface area contributed by atoms with Gasteiger partial charge in [-0.3, -0.25) is 0 Å². The predicted octanol–water partition coefficient (Wildman–Crippen LogP) is 1.97. The number of halogens is 1. The van der Waals surface area contributed by atoms with Crippen molar-refractivity contribution >= 4 is 27.1 Å². The molecule has 0 fully saturated rings. The highest BCUT2D eigenvalue weighted by Gasteiger charge is 2.08. The molecule has 0 radical (unpaired) electrons. The van der Waals surface area contributed by atoms with Crippen LogP contribution in [0.25, 0.3) is 0 Å². The third kappa shape index (κ3) is 3.51. The number of rotatable bonds is 2. The first kappa shape index (κ1) is 13.8. The number of nitrogens with zero attached hydrogens (tertiary/aromatic N) is 3. The van der Waals surface area contributed by atoms with Gasteiger partial charge < -0.3 is 0 Å². The van der Waals surface area contributed by atoms with E-state index in [0.29, 0.717) is 0 Å². The monoisotopic (exact) mass is 281 g/mol. The van der Waals surface area contributed by atoms with Crippen LogP contribution in [0.2, 0.25) is 0 Å². The number of aromatic nitrogens is 2. The molecule has 0 bridgehead atoms. The van der Waals surface area contributed by atoms with Crippen LogP contribution in [0, 0.1) is 6.92 Å². The van der Waals surface area contributed by atoms with Crippen LogP contribution in [0.3, 0.4) is 0 Å². The van der Waals surface area contributed by atoms with E-state index in [0.717, 1.165) is 10.2 Å². The van der Waals surface area contributed by atoms with Gasteiger partial charge in [-0.2, -0.15) is 9.19 Å². The largest absolute Gasteiger partial charge is 0.219 e. The third-order valence-electron chi connectivity index (χ3n) is 1.29. The smallest absolute Gasteiger partial charge is 0.217 e. The fourth-order valence-corrected chi connectivity index (χ4v) is 1.79. The molecule has 0 amide bonds. The van der Waals surface area contributed by atoms with Crippen LogP contribution in [0.4, 0.5) is 0 Å². The molecule has 6 heteroatoms. The molecule has 0 saturated carbocycles. The summed E-state index contributed by atoms with van der Waals surface area (Å²) < 4.78 is 15.3. The first-order valence-electron chi connectivity index (χ1n) is 4.34. The van der Waals surface area contributed by atoms with Crippen molar-refractivity contribution in [1.29, 1.82) is 0 Å². The number of hydrogen-bond donors (Lipinski definition) is 0. The molecule has 0 aliphatic carbocycles. The van der Waals surface area contributed by atoms with Crippen molar-refractivity contribution in [3.63, 3.8) is 0 Å². The molecule has 82 valence electrons. The van der Waals surface area contributed by atoms with Gasteiger partial charge in [0.2, 0.25) is 11.2 Å². The Balaban J connectivity index is 0.000000791. The average Bonchev–Trinajstić information content (AvgIpc) is 2.49. The highest BCUT2D eigenvalue weighted by molar-refractivity contribution is 9.10. The van der Waals surface area contributed by atoms with Crippen LogP contribution in [-0.4, -0.2) is 31.8 Å². The number of aryl methyl sites for hydroxylation is 1. The van der Waals surface area contributed by atoms with Gasteiger partial charge in [-0.25, -0.2) is 8.51 Å². The van der Waals surface area contributed by atoms with E-state index in [2.05, 4.69) is 21.0 Å². The van der Waals surface area contributed by atoms with Crippen molar-refractivity contribution < 1.29 is 4.21 Å². The van der Waals surface area contributed by atoms with E-state index in [1.807, 2.05) is 20.8 Å². The topological polar surface area (TPSA) is 38.1 Å². The second kappa shape index (κ2) is 6.31. The van der Waals surface area contributed by atoms with Crippen LogP contribution in [0.15, 0.2) is 10.7 Å². The molecule has 0 saturated heterocycles. The average molecular weight is 282 g/mol. The lowest BCUT2D eigenvalue weighted by molar-refractivity contribution is 0.586. The van der Waals surface area contributed by atoms with Crippen molar-refractivity contribution in [3.8, 4) is 0 Å². The van der Waals surface area contributed by atoms with E-state index in [1.165, 1.54) is 4.09 Å². The minimum absolute atomic E-state index is 0.838. The summed E-state index contributed by atoms with van der Waals surface area (Å²) in [6, 6.07) is 0. The summed E-state index contributed by atoms with van der Waals surface area (Å²) in [6.07, 6.45) is 1.70. The second-order valence-electron chi connectivity index (χ2n) is 2.51. The maximum absolute atomic E-state index is 11.4. The molecule has 0 N–H and O–H groups in total. The van der Waals surface area contributed by atoms with Crippen LogP contribution < -0.4 is 0 Å². The van der Waals surface area contributed by atoms with Gasteiger partial charge in [0.05, 0.1) is 16.4 Å². The van der Waals surface area contributed by atoms with E-state index in [-0.39, 0.29) is 0 Å². The first-order valence-corrected chi connectivity index (χ1v) is 6.19. The summed E-state index contributed by atoms with van der Waals surface area (Å²) in [5.41, 5.74) is 0.838. The Morgan fingerprint density at radius 2 is 2.00 bits per heavy atom. The number of hydrogen-bond acceptors (Lipinski definition) is 2. The van der Waals surface area contributed by atoms with Crippen molar-refractivity contribution in [2.75, 3.05) is 14.1 Å². The maximum Gasteiger partial charge on any atom is 0.219 e. The van der Waals surface area contributed by atoms with Gasteiger partial charge in [-0.05, 0) is 22.9 Å². The van der Waals surface area contributed by atoms with Crippen LogP contribution in [-0.2, 0) is 11.2 Å². The Kier molecular flexibility index (Phi) is 6.22. The zero-order valence-corrected chi connectivity index (χ0v) is 11.5. The Morgan fingerprint density at radius 3 is 2.29 bits per heavy atom. The molecular formula is C8H16BrN3OS. The molecule has 1 rings (SSSR count). The van der Waals surface area contributed by atoms with E-state index < -0.39 is 11.2 Å². The van der Waals surface area contributed by atoms with Crippen molar-refractivity contribution in [2.45, 2.75) is 20.8 Å². The van der Waals surface area contributed by atoms with Crippen LogP contribution >= 0.6 is 15.9 Å². The third-order valence-corrected chi connectivity index (χ3v) is 3.20. The lowest BCUT2D eigenvalue weighted by atomic mass is 10.5. The van der Waals surface area contributed by atoms with E-state index in [4.69, 9.17) is 0 Å². The summed E-state index contributed by atoms with van der Waals surface area (Å²) in [5.74, 6) is 0. The molecule has 4 nitrogen and oxygen atoms in total. The Bertz CT molecular complexity index is 292. The molecule has 1 unspecified atom stereocenters. The molecule has 0 aliphatic rings. The summed E-state index contributed by atoms with van der Waals surface area (Å²) in [5, 5.41) is 4.06. The van der Waals surface area contributed by atoms with Gasteiger partial charge in [0.15, 0.2) is 0 Å². The Hall–Kier alpha value is -0.200. The van der Waals surface area contributed by atoms with Gasteiger partial charge in [0, 0.05) is 14.1 Å². The van der Waals surface area contributed by atoms with Crippen LogP contribution in [0.5, 0.6) is 0 Å². The zero-order chi connectivity index (χ0) is 11.3. The standard InChI is InChI=1S/C6H10BrN3OS.C2H6/c1-5-6(7)4-10(8-5)12(11)9(2)3;1-2/h4H,1-3H3;1-2H3. The van der Waals surface area contributed by atoms with Gasteiger partial charge in [-0.15, -0.1) is 0 Å². The molecule has 0 aliphatic heterocycles. The Morgan fingerprint density at radius 1 is 1.50 bits per heavy atom. The molecule has 1 heterocycles.